The third-order valence-corrected chi connectivity index (χ3v) is 3.75. The first-order valence-electron chi connectivity index (χ1n) is 7.92. The van der Waals surface area contributed by atoms with Crippen LogP contribution in [0.3, 0.4) is 0 Å². The maximum atomic E-state index is 12.3. The summed E-state index contributed by atoms with van der Waals surface area (Å²) < 4.78 is 11.6. The number of amides is 1. The topological polar surface area (TPSA) is 86.4 Å². The molecule has 0 aliphatic carbocycles. The zero-order chi connectivity index (χ0) is 17.6. The van der Waals surface area contributed by atoms with E-state index in [0.29, 0.717) is 24.6 Å². The fourth-order valence-electron chi connectivity index (χ4n) is 2.66. The van der Waals surface area contributed by atoms with Crippen molar-refractivity contribution in [2.75, 3.05) is 19.7 Å². The SMILES string of the molecule is CC1(C)Cc2cccc(OCC(=O)N(CCC#N)CCC#N)c2O1. The fraction of sp³-hybridized carbons (Fsp3) is 0.500. The smallest absolute Gasteiger partial charge is 0.260 e. The standard InChI is InChI=1S/C18H21N3O3/c1-18(2)12-14-6-3-7-15(17(14)24-18)23-13-16(22)21(10-4-8-19)11-5-9-20/h3,6-7H,4-5,10-13H2,1-2H3. The Labute approximate surface area is 142 Å². The molecule has 1 aliphatic rings. The second-order valence-corrected chi connectivity index (χ2v) is 6.27. The van der Waals surface area contributed by atoms with E-state index >= 15 is 0 Å². The Bertz CT molecular complexity index is 668. The van der Waals surface area contributed by atoms with Gasteiger partial charge in [-0.1, -0.05) is 12.1 Å². The van der Waals surface area contributed by atoms with Crippen LogP contribution in [0.1, 0.15) is 32.3 Å². The zero-order valence-corrected chi connectivity index (χ0v) is 14.0. The molecule has 0 radical (unpaired) electrons. The second kappa shape index (κ2) is 7.70. The summed E-state index contributed by atoms with van der Waals surface area (Å²) in [5.74, 6) is 0.998. The van der Waals surface area contributed by atoms with E-state index in [9.17, 15) is 4.79 Å². The number of ether oxygens (including phenoxy) is 2. The Morgan fingerprint density at radius 1 is 1.29 bits per heavy atom. The summed E-state index contributed by atoms with van der Waals surface area (Å²) in [6.07, 6.45) is 1.26. The summed E-state index contributed by atoms with van der Waals surface area (Å²) in [6.45, 7) is 4.48. The van der Waals surface area contributed by atoms with Crippen LogP contribution < -0.4 is 9.47 Å². The Morgan fingerprint density at radius 3 is 2.58 bits per heavy atom. The van der Waals surface area contributed by atoms with Crippen LogP contribution in [-0.2, 0) is 11.2 Å². The van der Waals surface area contributed by atoms with Crippen molar-refractivity contribution >= 4 is 5.91 Å². The molecule has 126 valence electrons. The molecule has 24 heavy (non-hydrogen) atoms. The Kier molecular flexibility index (Phi) is 5.65. The Balaban J connectivity index is 2.00. The van der Waals surface area contributed by atoms with E-state index in [2.05, 4.69) is 0 Å². The number of benzene rings is 1. The number of hydrogen-bond donors (Lipinski definition) is 0. The molecule has 1 aromatic rings. The van der Waals surface area contributed by atoms with Gasteiger partial charge in [-0.3, -0.25) is 4.79 Å². The van der Waals surface area contributed by atoms with Crippen LogP contribution in [0.15, 0.2) is 18.2 Å². The number of carbonyl (C=O) groups is 1. The minimum absolute atomic E-state index is 0.142. The molecule has 0 spiro atoms. The minimum Gasteiger partial charge on any atom is -0.483 e. The van der Waals surface area contributed by atoms with Crippen molar-refractivity contribution in [2.24, 2.45) is 0 Å². The predicted octanol–water partition coefficient (Wildman–Crippen LogP) is 2.43. The average Bonchev–Trinajstić information content (AvgIpc) is 2.87. The Morgan fingerprint density at radius 2 is 1.96 bits per heavy atom. The first-order valence-corrected chi connectivity index (χ1v) is 7.92. The molecule has 0 unspecified atom stereocenters. The fourth-order valence-corrected chi connectivity index (χ4v) is 2.66. The molecule has 0 atom stereocenters. The van der Waals surface area contributed by atoms with Crippen molar-refractivity contribution in [1.82, 2.24) is 4.90 Å². The predicted molar refractivity (Wildman–Crippen MR) is 87.4 cm³/mol. The van der Waals surface area contributed by atoms with Crippen LogP contribution in [0.5, 0.6) is 11.5 Å². The van der Waals surface area contributed by atoms with Crippen LogP contribution in [0.2, 0.25) is 0 Å². The lowest BCUT2D eigenvalue weighted by molar-refractivity contribution is -0.133. The van der Waals surface area contributed by atoms with Gasteiger partial charge in [0.1, 0.15) is 5.60 Å². The van der Waals surface area contributed by atoms with Crippen molar-refractivity contribution < 1.29 is 14.3 Å². The minimum atomic E-state index is -0.280. The molecule has 6 nitrogen and oxygen atoms in total. The highest BCUT2D eigenvalue weighted by atomic mass is 16.5. The molecule has 0 saturated heterocycles. The van der Waals surface area contributed by atoms with Gasteiger partial charge in [-0.2, -0.15) is 10.5 Å². The number of nitrogens with zero attached hydrogens (tertiary/aromatic N) is 3. The number of nitriles is 2. The molecule has 0 N–H and O–H groups in total. The maximum absolute atomic E-state index is 12.3. The largest absolute Gasteiger partial charge is 0.483 e. The molecule has 2 rings (SSSR count). The number of carbonyl (C=O) groups excluding carboxylic acids is 1. The number of para-hydroxylation sites is 1. The van der Waals surface area contributed by atoms with Crippen molar-refractivity contribution in [1.29, 1.82) is 10.5 Å². The third-order valence-electron chi connectivity index (χ3n) is 3.75. The molecule has 1 aromatic carbocycles. The van der Waals surface area contributed by atoms with E-state index < -0.39 is 0 Å². The first-order chi connectivity index (χ1) is 11.5. The molecule has 1 amide bonds. The van der Waals surface area contributed by atoms with Gasteiger partial charge < -0.3 is 14.4 Å². The van der Waals surface area contributed by atoms with E-state index in [-0.39, 0.29) is 31.0 Å². The van der Waals surface area contributed by atoms with Crippen LogP contribution in [0, 0.1) is 22.7 Å². The lowest BCUT2D eigenvalue weighted by Gasteiger charge is -2.21. The first kappa shape index (κ1) is 17.6. The van der Waals surface area contributed by atoms with Crippen molar-refractivity contribution in [3.8, 4) is 23.6 Å². The third kappa shape index (κ3) is 4.39. The molecule has 0 aromatic heterocycles. The summed E-state index contributed by atoms with van der Waals surface area (Å²) in [5, 5.41) is 17.4. The van der Waals surface area contributed by atoms with Gasteiger partial charge in [-0.15, -0.1) is 0 Å². The monoisotopic (exact) mass is 327 g/mol. The van der Waals surface area contributed by atoms with Gasteiger partial charge in [0, 0.05) is 25.1 Å². The molecular weight excluding hydrogens is 306 g/mol. The molecular formula is C18H21N3O3. The highest BCUT2D eigenvalue weighted by molar-refractivity contribution is 5.78. The lowest BCUT2D eigenvalue weighted by Crippen LogP contribution is -2.36. The molecule has 6 heteroatoms. The summed E-state index contributed by atoms with van der Waals surface area (Å²) in [7, 11) is 0. The summed E-state index contributed by atoms with van der Waals surface area (Å²) >= 11 is 0. The number of hydrogen-bond acceptors (Lipinski definition) is 5. The number of rotatable bonds is 7. The van der Waals surface area contributed by atoms with E-state index in [1.807, 2.05) is 38.1 Å². The van der Waals surface area contributed by atoms with Crippen LogP contribution in [0.25, 0.3) is 0 Å². The van der Waals surface area contributed by atoms with Gasteiger partial charge in [0.05, 0.1) is 25.0 Å². The van der Waals surface area contributed by atoms with E-state index in [1.54, 1.807) is 6.07 Å². The van der Waals surface area contributed by atoms with Crippen LogP contribution in [-0.4, -0.2) is 36.1 Å². The summed E-state index contributed by atoms with van der Waals surface area (Å²) in [5.41, 5.74) is 0.785. The van der Waals surface area contributed by atoms with Crippen molar-refractivity contribution in [2.45, 2.75) is 38.7 Å². The van der Waals surface area contributed by atoms with Crippen LogP contribution >= 0.6 is 0 Å². The normalized spacial score (nSPS) is 14.0. The van der Waals surface area contributed by atoms with Gasteiger partial charge >= 0.3 is 0 Å². The van der Waals surface area contributed by atoms with Gasteiger partial charge in [-0.25, -0.2) is 0 Å². The number of fused-ring (bicyclic) bond motifs is 1. The summed E-state index contributed by atoms with van der Waals surface area (Å²) in [4.78, 5) is 13.8. The van der Waals surface area contributed by atoms with E-state index in [1.165, 1.54) is 4.90 Å². The molecule has 0 saturated carbocycles. The molecule has 1 heterocycles. The lowest BCUT2D eigenvalue weighted by atomic mass is 10.0. The average molecular weight is 327 g/mol. The van der Waals surface area contributed by atoms with Gasteiger partial charge in [-0.05, 0) is 19.9 Å². The van der Waals surface area contributed by atoms with Gasteiger partial charge in [0.2, 0.25) is 0 Å². The molecule has 0 bridgehead atoms. The zero-order valence-electron chi connectivity index (χ0n) is 14.0. The second-order valence-electron chi connectivity index (χ2n) is 6.27. The summed E-state index contributed by atoms with van der Waals surface area (Å²) in [6, 6.07) is 9.67. The van der Waals surface area contributed by atoms with Crippen molar-refractivity contribution in [3.05, 3.63) is 23.8 Å². The molecule has 1 aliphatic heterocycles. The maximum Gasteiger partial charge on any atom is 0.260 e. The van der Waals surface area contributed by atoms with Gasteiger partial charge in [0.15, 0.2) is 18.1 Å². The van der Waals surface area contributed by atoms with Gasteiger partial charge in [0.25, 0.3) is 5.91 Å². The van der Waals surface area contributed by atoms with Crippen molar-refractivity contribution in [3.63, 3.8) is 0 Å². The molecule has 0 fully saturated rings. The van der Waals surface area contributed by atoms with E-state index in [0.717, 1.165) is 12.0 Å². The quantitative estimate of drug-likeness (QED) is 0.767. The van der Waals surface area contributed by atoms with Crippen LogP contribution in [0.4, 0.5) is 0 Å². The Hall–Kier alpha value is -2.73. The van der Waals surface area contributed by atoms with E-state index in [4.69, 9.17) is 20.0 Å². The highest BCUT2D eigenvalue weighted by Gasteiger charge is 2.32. The highest BCUT2D eigenvalue weighted by Crippen LogP contribution is 2.41.